The lowest BCUT2D eigenvalue weighted by atomic mass is 10.2. The summed E-state index contributed by atoms with van der Waals surface area (Å²) in [6, 6.07) is 9.48. The number of methoxy groups -OCH3 is 1. The van der Waals surface area contributed by atoms with E-state index in [1.165, 1.54) is 0 Å². The molecule has 0 saturated carbocycles. The first-order valence-corrected chi connectivity index (χ1v) is 8.02. The number of nitrogens with one attached hydrogen (secondary N) is 1. The summed E-state index contributed by atoms with van der Waals surface area (Å²) >= 11 is 0. The minimum absolute atomic E-state index is 0.00460. The molecule has 2 atom stereocenters. The number of carbonyl (C=O) groups is 1. The largest absolute Gasteiger partial charge is 0.497 e. The number of hydrogen-bond donors (Lipinski definition) is 2. The SMILES string of the molecule is COc1ccc(-n2ccc(CNC(=O)[C@@H]3CC[C@H](CN)O3)n2)cc1. The summed E-state index contributed by atoms with van der Waals surface area (Å²) in [5.41, 5.74) is 7.27. The average molecular weight is 330 g/mol. The van der Waals surface area contributed by atoms with E-state index >= 15 is 0 Å². The van der Waals surface area contributed by atoms with E-state index in [1.54, 1.807) is 11.8 Å². The number of carbonyl (C=O) groups excluding carboxylic acids is 1. The Balaban J connectivity index is 1.55. The van der Waals surface area contributed by atoms with E-state index in [9.17, 15) is 4.79 Å². The van der Waals surface area contributed by atoms with Crippen LogP contribution in [-0.2, 0) is 16.1 Å². The number of hydrogen-bond acceptors (Lipinski definition) is 5. The number of nitrogens with two attached hydrogens (primary N) is 1. The molecule has 7 heteroatoms. The maximum Gasteiger partial charge on any atom is 0.249 e. The molecule has 3 rings (SSSR count). The highest BCUT2D eigenvalue weighted by atomic mass is 16.5. The fraction of sp³-hybridized carbons (Fsp3) is 0.412. The summed E-state index contributed by atoms with van der Waals surface area (Å²) in [7, 11) is 1.63. The smallest absolute Gasteiger partial charge is 0.249 e. The van der Waals surface area contributed by atoms with Crippen LogP contribution in [0.15, 0.2) is 36.5 Å². The van der Waals surface area contributed by atoms with E-state index in [0.29, 0.717) is 19.5 Å². The Morgan fingerprint density at radius 3 is 2.83 bits per heavy atom. The second-order valence-electron chi connectivity index (χ2n) is 5.73. The molecule has 1 fully saturated rings. The van der Waals surface area contributed by atoms with E-state index in [2.05, 4.69) is 10.4 Å². The molecule has 1 aliphatic heterocycles. The van der Waals surface area contributed by atoms with Crippen LogP contribution < -0.4 is 15.8 Å². The van der Waals surface area contributed by atoms with Crippen LogP contribution in [0.1, 0.15) is 18.5 Å². The molecule has 1 saturated heterocycles. The summed E-state index contributed by atoms with van der Waals surface area (Å²) < 4.78 is 12.5. The Hall–Kier alpha value is -2.38. The van der Waals surface area contributed by atoms with Crippen molar-refractivity contribution >= 4 is 5.91 Å². The predicted octanol–water partition coefficient (Wildman–Crippen LogP) is 1.00. The molecule has 128 valence electrons. The fourth-order valence-corrected chi connectivity index (χ4v) is 2.70. The highest BCUT2D eigenvalue weighted by Crippen LogP contribution is 2.19. The van der Waals surface area contributed by atoms with Crippen molar-refractivity contribution in [3.63, 3.8) is 0 Å². The molecule has 2 aromatic rings. The van der Waals surface area contributed by atoms with Crippen LogP contribution >= 0.6 is 0 Å². The number of amides is 1. The van der Waals surface area contributed by atoms with Crippen LogP contribution in [0.5, 0.6) is 5.75 Å². The average Bonchev–Trinajstić information content (AvgIpc) is 3.29. The summed E-state index contributed by atoms with van der Waals surface area (Å²) in [6.45, 7) is 0.825. The summed E-state index contributed by atoms with van der Waals surface area (Å²) in [4.78, 5) is 12.1. The molecular weight excluding hydrogens is 308 g/mol. The van der Waals surface area contributed by atoms with Gasteiger partial charge >= 0.3 is 0 Å². The van der Waals surface area contributed by atoms with Gasteiger partial charge in [0.1, 0.15) is 11.9 Å². The number of benzene rings is 1. The zero-order valence-corrected chi connectivity index (χ0v) is 13.6. The molecule has 1 aliphatic rings. The van der Waals surface area contributed by atoms with Gasteiger partial charge in [-0.3, -0.25) is 4.79 Å². The quantitative estimate of drug-likeness (QED) is 0.824. The molecule has 0 radical (unpaired) electrons. The van der Waals surface area contributed by atoms with Gasteiger partial charge < -0.3 is 20.5 Å². The maximum absolute atomic E-state index is 12.1. The standard InChI is InChI=1S/C17H22N4O3/c1-23-14-4-2-13(3-5-14)21-9-8-12(20-21)11-19-17(22)16-7-6-15(10-18)24-16/h2-5,8-9,15-16H,6-7,10-11,18H2,1H3,(H,19,22)/t15-,16+/m1/s1. The predicted molar refractivity (Wildman–Crippen MR) is 88.9 cm³/mol. The second-order valence-corrected chi connectivity index (χ2v) is 5.73. The summed E-state index contributed by atoms with van der Waals surface area (Å²) in [6.07, 6.45) is 3.01. The first-order chi connectivity index (χ1) is 11.7. The molecule has 3 N–H and O–H groups in total. The van der Waals surface area contributed by atoms with Crippen molar-refractivity contribution in [2.75, 3.05) is 13.7 Å². The van der Waals surface area contributed by atoms with Crippen LogP contribution in [0.3, 0.4) is 0 Å². The molecule has 0 spiro atoms. The van der Waals surface area contributed by atoms with Gasteiger partial charge in [-0.2, -0.15) is 5.10 Å². The number of nitrogens with zero attached hydrogens (tertiary/aromatic N) is 2. The van der Waals surface area contributed by atoms with Gasteiger partial charge in [-0.25, -0.2) is 4.68 Å². The maximum atomic E-state index is 12.1. The topological polar surface area (TPSA) is 91.4 Å². The molecule has 1 aromatic carbocycles. The lowest BCUT2D eigenvalue weighted by Gasteiger charge is -2.12. The van der Waals surface area contributed by atoms with Crippen molar-refractivity contribution in [3.05, 3.63) is 42.2 Å². The van der Waals surface area contributed by atoms with Crippen molar-refractivity contribution in [2.24, 2.45) is 5.73 Å². The summed E-state index contributed by atoms with van der Waals surface area (Å²) in [5, 5.41) is 7.33. The second kappa shape index (κ2) is 7.46. The van der Waals surface area contributed by atoms with E-state index in [-0.39, 0.29) is 12.0 Å². The van der Waals surface area contributed by atoms with Crippen molar-refractivity contribution < 1.29 is 14.3 Å². The van der Waals surface area contributed by atoms with Gasteiger partial charge in [0.25, 0.3) is 0 Å². The fourth-order valence-electron chi connectivity index (χ4n) is 2.70. The molecule has 0 bridgehead atoms. The van der Waals surface area contributed by atoms with Crippen molar-refractivity contribution in [2.45, 2.75) is 31.6 Å². The molecule has 1 amide bonds. The van der Waals surface area contributed by atoms with Crippen molar-refractivity contribution in [1.82, 2.24) is 15.1 Å². The lowest BCUT2D eigenvalue weighted by Crippen LogP contribution is -2.35. The van der Waals surface area contributed by atoms with E-state index in [4.69, 9.17) is 15.2 Å². The molecule has 24 heavy (non-hydrogen) atoms. The molecule has 1 aromatic heterocycles. The Bertz CT molecular complexity index is 683. The molecule has 2 heterocycles. The van der Waals surface area contributed by atoms with Crippen molar-refractivity contribution in [1.29, 1.82) is 0 Å². The highest BCUT2D eigenvalue weighted by molar-refractivity contribution is 5.80. The van der Waals surface area contributed by atoms with Crippen LogP contribution in [0.4, 0.5) is 0 Å². The van der Waals surface area contributed by atoms with E-state index < -0.39 is 6.10 Å². The third-order valence-electron chi connectivity index (χ3n) is 4.09. The van der Waals surface area contributed by atoms with Gasteiger partial charge in [-0.05, 0) is 43.2 Å². The van der Waals surface area contributed by atoms with Crippen LogP contribution in [0.25, 0.3) is 5.69 Å². The highest BCUT2D eigenvalue weighted by Gasteiger charge is 2.29. The van der Waals surface area contributed by atoms with Gasteiger partial charge in [0.2, 0.25) is 5.91 Å². The third-order valence-corrected chi connectivity index (χ3v) is 4.09. The Kier molecular flexibility index (Phi) is 5.12. The molecule has 0 unspecified atom stereocenters. The lowest BCUT2D eigenvalue weighted by molar-refractivity contribution is -0.132. The normalized spacial score (nSPS) is 20.1. The first kappa shape index (κ1) is 16.5. The zero-order chi connectivity index (χ0) is 16.9. The Morgan fingerprint density at radius 1 is 1.38 bits per heavy atom. The number of rotatable bonds is 6. The van der Waals surface area contributed by atoms with Gasteiger partial charge in [-0.15, -0.1) is 0 Å². The van der Waals surface area contributed by atoms with Gasteiger partial charge in [0, 0.05) is 12.7 Å². The van der Waals surface area contributed by atoms with Gasteiger partial charge in [0.05, 0.1) is 31.1 Å². The van der Waals surface area contributed by atoms with E-state index in [1.807, 2.05) is 36.5 Å². The first-order valence-electron chi connectivity index (χ1n) is 8.02. The molecular formula is C17H22N4O3. The minimum atomic E-state index is -0.401. The zero-order valence-electron chi connectivity index (χ0n) is 13.6. The van der Waals surface area contributed by atoms with Crippen LogP contribution in [0.2, 0.25) is 0 Å². The van der Waals surface area contributed by atoms with Crippen LogP contribution in [-0.4, -0.2) is 41.6 Å². The number of ether oxygens (including phenoxy) is 2. The van der Waals surface area contributed by atoms with E-state index in [0.717, 1.165) is 23.6 Å². The number of aromatic nitrogens is 2. The Labute approximate surface area is 140 Å². The summed E-state index contributed by atoms with van der Waals surface area (Å²) in [5.74, 6) is 0.690. The van der Waals surface area contributed by atoms with Gasteiger partial charge in [0.15, 0.2) is 0 Å². The van der Waals surface area contributed by atoms with Crippen LogP contribution in [0, 0.1) is 0 Å². The van der Waals surface area contributed by atoms with Crippen molar-refractivity contribution in [3.8, 4) is 11.4 Å². The third kappa shape index (κ3) is 3.74. The Morgan fingerprint density at radius 2 is 2.17 bits per heavy atom. The van der Waals surface area contributed by atoms with Gasteiger partial charge in [-0.1, -0.05) is 0 Å². The molecule has 7 nitrogen and oxygen atoms in total. The minimum Gasteiger partial charge on any atom is -0.497 e. The molecule has 0 aliphatic carbocycles. The monoisotopic (exact) mass is 330 g/mol.